The van der Waals surface area contributed by atoms with E-state index in [0.29, 0.717) is 0 Å². The number of aryl methyl sites for hydroxylation is 1. The van der Waals surface area contributed by atoms with E-state index in [4.69, 9.17) is 5.73 Å². The highest BCUT2D eigenvalue weighted by Gasteiger charge is 2.08. The molecule has 1 unspecified atom stereocenters. The number of aromatic nitrogens is 1. The molecule has 2 nitrogen and oxygen atoms in total. The second kappa shape index (κ2) is 4.55. The minimum atomic E-state index is -0.0183. The number of thiazole rings is 1. The van der Waals surface area contributed by atoms with Crippen molar-refractivity contribution < 1.29 is 0 Å². The molecule has 3 heteroatoms. The van der Waals surface area contributed by atoms with E-state index in [1.807, 2.05) is 5.38 Å². The van der Waals surface area contributed by atoms with Crippen LogP contribution in [0.3, 0.4) is 0 Å². The van der Waals surface area contributed by atoms with Crippen molar-refractivity contribution in [2.45, 2.75) is 19.4 Å². The smallest absolute Gasteiger partial charge is 0.152 e. The molecule has 0 aliphatic carbocycles. The number of hydrogen-bond donors (Lipinski definition) is 1. The lowest BCUT2D eigenvalue weighted by atomic mass is 10.0. The van der Waals surface area contributed by atoms with E-state index in [-0.39, 0.29) is 6.04 Å². The van der Waals surface area contributed by atoms with Crippen molar-refractivity contribution in [3.05, 3.63) is 52.0 Å². The highest BCUT2D eigenvalue weighted by atomic mass is 32.1. The zero-order valence-electron chi connectivity index (χ0n) is 8.60. The van der Waals surface area contributed by atoms with Crippen molar-refractivity contribution in [1.29, 1.82) is 0 Å². The van der Waals surface area contributed by atoms with Gasteiger partial charge in [0.15, 0.2) is 5.51 Å². The van der Waals surface area contributed by atoms with Crippen molar-refractivity contribution in [2.24, 2.45) is 5.73 Å². The number of nitrogens with two attached hydrogens (primary N) is 1. The molecular formula is C12H13N2S. The van der Waals surface area contributed by atoms with Crippen molar-refractivity contribution in [1.82, 2.24) is 4.98 Å². The van der Waals surface area contributed by atoms with Crippen LogP contribution < -0.4 is 5.73 Å². The molecule has 0 aliphatic rings. The zero-order valence-corrected chi connectivity index (χ0v) is 9.42. The summed E-state index contributed by atoms with van der Waals surface area (Å²) in [6, 6.07) is 8.43. The first-order valence-corrected chi connectivity index (χ1v) is 5.76. The Morgan fingerprint density at radius 3 is 2.73 bits per heavy atom. The highest BCUT2D eigenvalue weighted by Crippen LogP contribution is 2.15. The van der Waals surface area contributed by atoms with Gasteiger partial charge in [-0.15, -0.1) is 11.3 Å². The van der Waals surface area contributed by atoms with Gasteiger partial charge in [0.2, 0.25) is 0 Å². The SMILES string of the molecule is Cc1ccc(CC(N)c2cs[c]n2)cc1. The summed E-state index contributed by atoms with van der Waals surface area (Å²) in [4.78, 5) is 4.10. The monoisotopic (exact) mass is 217 g/mol. The molecule has 0 saturated carbocycles. The standard InChI is InChI=1S/C12H13N2S/c1-9-2-4-10(5-3-9)6-11(13)12-7-15-8-14-12/h2-5,7,11H,6,13H2,1H3. The van der Waals surface area contributed by atoms with Gasteiger partial charge in [0.1, 0.15) is 0 Å². The highest BCUT2D eigenvalue weighted by molar-refractivity contribution is 7.07. The van der Waals surface area contributed by atoms with Gasteiger partial charge < -0.3 is 5.73 Å². The van der Waals surface area contributed by atoms with Crippen LogP contribution in [0.2, 0.25) is 0 Å². The van der Waals surface area contributed by atoms with Gasteiger partial charge in [-0.3, -0.25) is 0 Å². The number of rotatable bonds is 3. The van der Waals surface area contributed by atoms with Crippen LogP contribution in [0, 0.1) is 12.4 Å². The molecule has 0 amide bonds. The predicted octanol–water partition coefficient (Wildman–Crippen LogP) is 2.49. The van der Waals surface area contributed by atoms with Crippen LogP contribution in [0.15, 0.2) is 29.6 Å². The van der Waals surface area contributed by atoms with Gasteiger partial charge >= 0.3 is 0 Å². The van der Waals surface area contributed by atoms with Crippen molar-refractivity contribution in [2.75, 3.05) is 0 Å². The Kier molecular flexibility index (Phi) is 3.14. The molecule has 0 fully saturated rings. The Morgan fingerprint density at radius 1 is 1.40 bits per heavy atom. The predicted molar refractivity (Wildman–Crippen MR) is 62.8 cm³/mol. The first-order chi connectivity index (χ1) is 7.25. The molecule has 1 atom stereocenters. The first kappa shape index (κ1) is 10.3. The summed E-state index contributed by atoms with van der Waals surface area (Å²) in [7, 11) is 0. The largest absolute Gasteiger partial charge is 0.322 e. The number of nitrogens with zero attached hydrogens (tertiary/aromatic N) is 1. The number of hydrogen-bond acceptors (Lipinski definition) is 3. The Labute approximate surface area is 93.8 Å². The third kappa shape index (κ3) is 2.64. The zero-order chi connectivity index (χ0) is 10.7. The van der Waals surface area contributed by atoms with E-state index in [1.165, 1.54) is 22.5 Å². The Morgan fingerprint density at radius 2 is 2.13 bits per heavy atom. The van der Waals surface area contributed by atoms with Gasteiger partial charge in [0, 0.05) is 5.38 Å². The van der Waals surface area contributed by atoms with Gasteiger partial charge in [-0.25, -0.2) is 4.98 Å². The maximum Gasteiger partial charge on any atom is 0.152 e. The minimum absolute atomic E-state index is 0.0183. The Hall–Kier alpha value is -1.19. The second-order valence-corrected chi connectivity index (χ2v) is 4.31. The van der Waals surface area contributed by atoms with Gasteiger partial charge in [0.25, 0.3) is 0 Å². The van der Waals surface area contributed by atoms with E-state index < -0.39 is 0 Å². The van der Waals surface area contributed by atoms with Gasteiger partial charge in [-0.1, -0.05) is 29.8 Å². The molecule has 0 spiro atoms. The van der Waals surface area contributed by atoms with Crippen LogP contribution in [0.5, 0.6) is 0 Å². The topological polar surface area (TPSA) is 38.9 Å². The maximum absolute atomic E-state index is 6.03. The lowest BCUT2D eigenvalue weighted by molar-refractivity contribution is 0.701. The third-order valence-corrected chi connectivity index (χ3v) is 2.92. The van der Waals surface area contributed by atoms with Crippen LogP contribution >= 0.6 is 11.3 Å². The van der Waals surface area contributed by atoms with E-state index in [1.54, 1.807) is 0 Å². The summed E-state index contributed by atoms with van der Waals surface area (Å²) in [5.74, 6) is 0. The third-order valence-electron chi connectivity index (χ3n) is 2.36. The quantitative estimate of drug-likeness (QED) is 0.858. The normalized spacial score (nSPS) is 12.7. The fourth-order valence-corrected chi connectivity index (χ4v) is 2.00. The van der Waals surface area contributed by atoms with Crippen LogP contribution in [-0.2, 0) is 6.42 Å². The van der Waals surface area contributed by atoms with Crippen molar-refractivity contribution in [3.8, 4) is 0 Å². The molecule has 0 aliphatic heterocycles. The van der Waals surface area contributed by atoms with Crippen LogP contribution in [0.1, 0.15) is 22.9 Å². The van der Waals surface area contributed by atoms with Crippen molar-refractivity contribution in [3.63, 3.8) is 0 Å². The van der Waals surface area contributed by atoms with Gasteiger partial charge in [-0.2, -0.15) is 0 Å². The fourth-order valence-electron chi connectivity index (χ4n) is 1.45. The average molecular weight is 217 g/mol. The molecule has 2 aromatic rings. The molecule has 1 heterocycles. The van der Waals surface area contributed by atoms with E-state index in [2.05, 4.69) is 41.7 Å². The first-order valence-electron chi connectivity index (χ1n) is 4.88. The molecule has 2 N–H and O–H groups in total. The van der Waals surface area contributed by atoms with Crippen LogP contribution in [-0.4, -0.2) is 4.98 Å². The summed E-state index contributed by atoms with van der Waals surface area (Å²) in [5, 5.41) is 1.96. The molecule has 0 bridgehead atoms. The molecule has 1 aromatic heterocycles. The molecule has 0 saturated heterocycles. The Balaban J connectivity index is 2.06. The van der Waals surface area contributed by atoms with Crippen LogP contribution in [0.4, 0.5) is 0 Å². The summed E-state index contributed by atoms with van der Waals surface area (Å²) in [6.07, 6.45) is 0.831. The summed E-state index contributed by atoms with van der Waals surface area (Å²) >= 11 is 1.46. The average Bonchev–Trinajstić information content (AvgIpc) is 2.74. The summed E-state index contributed by atoms with van der Waals surface area (Å²) in [5.41, 5.74) is 12.3. The van der Waals surface area contributed by atoms with Gasteiger partial charge in [0.05, 0.1) is 11.7 Å². The Bertz CT molecular complexity index is 406. The lowest BCUT2D eigenvalue weighted by Gasteiger charge is -2.08. The van der Waals surface area contributed by atoms with E-state index in [9.17, 15) is 0 Å². The molecule has 2 rings (SSSR count). The molecule has 77 valence electrons. The molecule has 15 heavy (non-hydrogen) atoms. The number of benzene rings is 1. The summed E-state index contributed by atoms with van der Waals surface area (Å²) < 4.78 is 0. The molecule has 1 radical (unpaired) electrons. The molecule has 1 aromatic carbocycles. The minimum Gasteiger partial charge on any atom is -0.322 e. The lowest BCUT2D eigenvalue weighted by Crippen LogP contribution is -2.13. The second-order valence-electron chi connectivity index (χ2n) is 3.66. The summed E-state index contributed by atoms with van der Waals surface area (Å²) in [6.45, 7) is 2.08. The van der Waals surface area contributed by atoms with Crippen molar-refractivity contribution >= 4 is 11.3 Å². The molecular weight excluding hydrogens is 204 g/mol. The fraction of sp³-hybridized carbons (Fsp3) is 0.250. The van der Waals surface area contributed by atoms with E-state index in [0.717, 1.165) is 12.1 Å². The van der Waals surface area contributed by atoms with Crippen LogP contribution in [0.25, 0.3) is 0 Å². The maximum atomic E-state index is 6.03. The van der Waals surface area contributed by atoms with Gasteiger partial charge in [-0.05, 0) is 18.9 Å². The van der Waals surface area contributed by atoms with E-state index >= 15 is 0 Å².